The molecule has 0 heterocycles. The number of anilines is 1. The molecule has 0 saturated heterocycles. The van der Waals surface area contributed by atoms with E-state index in [4.69, 9.17) is 22.1 Å². The first-order chi connectivity index (χ1) is 11.9. The Kier molecular flexibility index (Phi) is 5.38. The van der Waals surface area contributed by atoms with Gasteiger partial charge in [-0.15, -0.1) is 0 Å². The van der Waals surface area contributed by atoms with E-state index in [1.165, 1.54) is 18.2 Å². The van der Waals surface area contributed by atoms with Gasteiger partial charge in [0.05, 0.1) is 28.1 Å². The van der Waals surface area contributed by atoms with Crippen LogP contribution in [0.25, 0.3) is 0 Å². The number of rotatable bonds is 4. The lowest BCUT2D eigenvalue weighted by molar-refractivity contribution is -0.137. The molecule has 6 nitrogen and oxygen atoms in total. The molecule has 2 aromatic rings. The molecule has 3 N–H and O–H groups in total. The zero-order chi connectivity index (χ0) is 19.7. The molecule has 0 aliphatic carbocycles. The molecule has 1 amide bonds. The number of hydrogen-bond acceptors (Lipinski definition) is 5. The number of benzene rings is 2. The predicted octanol–water partition coefficient (Wildman–Crippen LogP) is 3.42. The van der Waals surface area contributed by atoms with Crippen molar-refractivity contribution >= 4 is 33.2 Å². The van der Waals surface area contributed by atoms with E-state index in [0.29, 0.717) is 6.07 Å². The quantitative estimate of drug-likeness (QED) is 0.755. The standard InChI is InChI=1S/C15H12ClF3N2O4S/c1-26(23,24)21-14(22)9-3-2-4-12(13(9)20)25-11-6-5-8(7-10(11)16)15(17,18)19/h2-7H,20H2,1H3,(H,21,22). The van der Waals surface area contributed by atoms with Gasteiger partial charge < -0.3 is 10.5 Å². The largest absolute Gasteiger partial charge is 0.454 e. The molecule has 0 aliphatic heterocycles. The van der Waals surface area contributed by atoms with Crippen molar-refractivity contribution in [1.82, 2.24) is 4.72 Å². The number of sulfonamides is 1. The Bertz CT molecular complexity index is 962. The maximum Gasteiger partial charge on any atom is 0.416 e. The number of para-hydroxylation sites is 1. The highest BCUT2D eigenvalue weighted by molar-refractivity contribution is 7.89. The molecule has 0 radical (unpaired) electrons. The Labute approximate surface area is 151 Å². The van der Waals surface area contributed by atoms with E-state index < -0.39 is 27.7 Å². The summed E-state index contributed by atoms with van der Waals surface area (Å²) < 4.78 is 67.4. The zero-order valence-corrected chi connectivity index (χ0v) is 14.7. The maximum atomic E-state index is 12.7. The second-order valence-electron chi connectivity index (χ2n) is 5.17. The lowest BCUT2D eigenvalue weighted by atomic mass is 10.1. The van der Waals surface area contributed by atoms with Gasteiger partial charge in [0.15, 0.2) is 5.75 Å². The molecule has 0 saturated carbocycles. The Hall–Kier alpha value is -2.46. The molecule has 2 rings (SSSR count). The van der Waals surface area contributed by atoms with Crippen molar-refractivity contribution in [3.05, 3.63) is 52.5 Å². The Morgan fingerprint density at radius 3 is 2.38 bits per heavy atom. The number of ether oxygens (including phenoxy) is 1. The van der Waals surface area contributed by atoms with Crippen molar-refractivity contribution in [2.45, 2.75) is 6.18 Å². The molecule has 0 atom stereocenters. The minimum atomic E-state index is -4.56. The normalized spacial score (nSPS) is 11.9. The molecule has 0 fully saturated rings. The topological polar surface area (TPSA) is 98.5 Å². The SMILES string of the molecule is CS(=O)(=O)NC(=O)c1cccc(Oc2ccc(C(F)(F)F)cc2Cl)c1N. The van der Waals surface area contributed by atoms with Gasteiger partial charge in [0.2, 0.25) is 10.0 Å². The number of nitrogens with two attached hydrogens (primary N) is 1. The van der Waals surface area contributed by atoms with E-state index in [1.807, 2.05) is 0 Å². The van der Waals surface area contributed by atoms with Crippen LogP contribution in [-0.4, -0.2) is 20.6 Å². The second-order valence-corrected chi connectivity index (χ2v) is 7.32. The van der Waals surface area contributed by atoms with Gasteiger partial charge in [-0.05, 0) is 30.3 Å². The van der Waals surface area contributed by atoms with Crippen LogP contribution >= 0.6 is 11.6 Å². The van der Waals surface area contributed by atoms with Crippen molar-refractivity contribution in [2.24, 2.45) is 0 Å². The average molecular weight is 409 g/mol. The fourth-order valence-electron chi connectivity index (χ4n) is 1.93. The van der Waals surface area contributed by atoms with Crippen LogP contribution in [0.5, 0.6) is 11.5 Å². The van der Waals surface area contributed by atoms with Crippen LogP contribution < -0.4 is 15.2 Å². The number of hydrogen-bond donors (Lipinski definition) is 2. The number of halogens is 4. The van der Waals surface area contributed by atoms with E-state index in [1.54, 1.807) is 4.72 Å². The number of nitrogens with one attached hydrogen (secondary N) is 1. The van der Waals surface area contributed by atoms with Gasteiger partial charge in [0, 0.05) is 0 Å². The van der Waals surface area contributed by atoms with Gasteiger partial charge >= 0.3 is 6.18 Å². The smallest absolute Gasteiger partial charge is 0.416 e. The summed E-state index contributed by atoms with van der Waals surface area (Å²) in [6.07, 6.45) is -3.77. The molecule has 0 bridgehead atoms. The summed E-state index contributed by atoms with van der Waals surface area (Å²) in [4.78, 5) is 11.9. The van der Waals surface area contributed by atoms with Crippen molar-refractivity contribution < 1.29 is 31.1 Å². The zero-order valence-electron chi connectivity index (χ0n) is 13.1. The van der Waals surface area contributed by atoms with Gasteiger partial charge in [-0.25, -0.2) is 13.1 Å². The summed E-state index contributed by atoms with van der Waals surface area (Å²) in [5.74, 6) is -1.17. The summed E-state index contributed by atoms with van der Waals surface area (Å²) in [5.41, 5.74) is 4.45. The van der Waals surface area contributed by atoms with Crippen molar-refractivity contribution in [3.63, 3.8) is 0 Å². The van der Waals surface area contributed by atoms with Crippen LogP contribution in [0.15, 0.2) is 36.4 Å². The van der Waals surface area contributed by atoms with Crippen molar-refractivity contribution in [1.29, 1.82) is 0 Å². The van der Waals surface area contributed by atoms with Crippen LogP contribution in [0, 0.1) is 0 Å². The molecule has 140 valence electrons. The second kappa shape index (κ2) is 7.04. The highest BCUT2D eigenvalue weighted by atomic mass is 35.5. The van der Waals surface area contributed by atoms with Crippen LogP contribution in [-0.2, 0) is 16.2 Å². The number of alkyl halides is 3. The van der Waals surface area contributed by atoms with E-state index in [9.17, 15) is 26.4 Å². The van der Waals surface area contributed by atoms with E-state index in [2.05, 4.69) is 0 Å². The van der Waals surface area contributed by atoms with Crippen molar-refractivity contribution in [3.8, 4) is 11.5 Å². The third-order valence-corrected chi connectivity index (χ3v) is 3.92. The van der Waals surface area contributed by atoms with Gasteiger partial charge in [0.25, 0.3) is 5.91 Å². The summed E-state index contributed by atoms with van der Waals surface area (Å²) in [6.45, 7) is 0. The van der Waals surface area contributed by atoms with Gasteiger partial charge in [-0.2, -0.15) is 13.2 Å². The highest BCUT2D eigenvalue weighted by Gasteiger charge is 2.31. The van der Waals surface area contributed by atoms with Gasteiger partial charge in [-0.1, -0.05) is 17.7 Å². The Morgan fingerprint density at radius 2 is 1.85 bits per heavy atom. The first-order valence-corrected chi connectivity index (χ1v) is 9.10. The monoisotopic (exact) mass is 408 g/mol. The van der Waals surface area contributed by atoms with Gasteiger partial charge in [0.1, 0.15) is 5.75 Å². The van der Waals surface area contributed by atoms with E-state index in [-0.39, 0.29) is 27.8 Å². The fraction of sp³-hybridized carbons (Fsp3) is 0.133. The molecule has 0 aromatic heterocycles. The molecule has 0 spiro atoms. The summed E-state index contributed by atoms with van der Waals surface area (Å²) in [6, 6.07) is 6.44. The number of carbonyl (C=O) groups is 1. The molecular formula is C15H12ClF3N2O4S. The third-order valence-electron chi connectivity index (χ3n) is 3.07. The Balaban J connectivity index is 2.34. The van der Waals surface area contributed by atoms with E-state index in [0.717, 1.165) is 18.4 Å². The van der Waals surface area contributed by atoms with Crippen LogP contribution in [0.4, 0.5) is 18.9 Å². The van der Waals surface area contributed by atoms with Gasteiger partial charge in [-0.3, -0.25) is 4.79 Å². The molecule has 0 aliphatic rings. The number of amides is 1. The fourth-order valence-corrected chi connectivity index (χ4v) is 2.60. The first kappa shape index (κ1) is 19.9. The minimum absolute atomic E-state index is 0.0761. The molecular weight excluding hydrogens is 397 g/mol. The van der Waals surface area contributed by atoms with E-state index >= 15 is 0 Å². The number of nitrogen functional groups attached to an aromatic ring is 1. The molecule has 11 heteroatoms. The first-order valence-electron chi connectivity index (χ1n) is 6.83. The Morgan fingerprint density at radius 1 is 1.19 bits per heavy atom. The van der Waals surface area contributed by atoms with Crippen molar-refractivity contribution in [2.75, 3.05) is 12.0 Å². The molecule has 0 unspecified atom stereocenters. The third kappa shape index (κ3) is 4.79. The van der Waals surface area contributed by atoms with Crippen LogP contribution in [0.3, 0.4) is 0 Å². The average Bonchev–Trinajstić information content (AvgIpc) is 2.48. The highest BCUT2D eigenvalue weighted by Crippen LogP contribution is 2.38. The molecule has 26 heavy (non-hydrogen) atoms. The lowest BCUT2D eigenvalue weighted by Gasteiger charge is -2.14. The minimum Gasteiger partial charge on any atom is -0.454 e. The number of carbonyl (C=O) groups excluding carboxylic acids is 1. The molecule has 2 aromatic carbocycles. The summed E-state index contributed by atoms with van der Waals surface area (Å²) >= 11 is 5.80. The van der Waals surface area contributed by atoms with Crippen LogP contribution in [0.1, 0.15) is 15.9 Å². The summed E-state index contributed by atoms with van der Waals surface area (Å²) in [7, 11) is -3.81. The maximum absolute atomic E-state index is 12.7. The predicted molar refractivity (Wildman–Crippen MR) is 89.7 cm³/mol. The van der Waals surface area contributed by atoms with Crippen LogP contribution in [0.2, 0.25) is 5.02 Å². The lowest BCUT2D eigenvalue weighted by Crippen LogP contribution is -2.29. The summed E-state index contributed by atoms with van der Waals surface area (Å²) in [5, 5.41) is -0.315.